The topological polar surface area (TPSA) is 38.8 Å². The number of fused-ring (bicyclic) bond motifs is 1. The molecule has 0 radical (unpaired) electrons. The first kappa shape index (κ1) is 9.00. The molecule has 0 aromatic carbocycles. The maximum Gasteiger partial charge on any atom is 0.302 e. The summed E-state index contributed by atoms with van der Waals surface area (Å²) in [4.78, 5) is 10.6. The highest BCUT2D eigenvalue weighted by Crippen LogP contribution is 2.42. The van der Waals surface area contributed by atoms with E-state index in [9.17, 15) is 4.79 Å². The quantitative estimate of drug-likeness (QED) is 0.480. The molecule has 2 aliphatic rings. The van der Waals surface area contributed by atoms with Crippen molar-refractivity contribution in [3.63, 3.8) is 0 Å². The first-order valence-electron chi connectivity index (χ1n) is 4.95. The van der Waals surface area contributed by atoms with Crippen LogP contribution in [0.25, 0.3) is 0 Å². The van der Waals surface area contributed by atoms with Crippen molar-refractivity contribution >= 4 is 5.97 Å². The van der Waals surface area contributed by atoms with E-state index in [2.05, 4.69) is 6.92 Å². The lowest BCUT2D eigenvalue weighted by atomic mass is 9.81. The Morgan fingerprint density at radius 3 is 2.85 bits per heavy atom. The summed E-state index contributed by atoms with van der Waals surface area (Å²) < 4.78 is 10.5. The van der Waals surface area contributed by atoms with Gasteiger partial charge in [0.15, 0.2) is 0 Å². The van der Waals surface area contributed by atoms with Gasteiger partial charge in [0.2, 0.25) is 0 Å². The van der Waals surface area contributed by atoms with Crippen molar-refractivity contribution in [3.8, 4) is 0 Å². The van der Waals surface area contributed by atoms with Crippen molar-refractivity contribution < 1.29 is 14.3 Å². The molecule has 0 spiro atoms. The van der Waals surface area contributed by atoms with Crippen LogP contribution in [-0.4, -0.2) is 24.8 Å². The van der Waals surface area contributed by atoms with Crippen molar-refractivity contribution in [1.82, 2.24) is 0 Å². The lowest BCUT2D eigenvalue weighted by Crippen LogP contribution is -2.26. The van der Waals surface area contributed by atoms with Crippen LogP contribution in [-0.2, 0) is 14.3 Å². The van der Waals surface area contributed by atoms with Crippen molar-refractivity contribution in [3.05, 3.63) is 0 Å². The van der Waals surface area contributed by atoms with Crippen LogP contribution in [0.2, 0.25) is 0 Å². The average Bonchev–Trinajstić information content (AvgIpc) is 2.77. The SMILES string of the molecule is CC(=O)OC[C@@H]1C[C@@H]2O[C@@H]2C[C@@H]1C. The molecule has 0 amide bonds. The third-order valence-electron chi connectivity index (χ3n) is 3.13. The van der Waals surface area contributed by atoms with Crippen LogP contribution in [0.4, 0.5) is 0 Å². The van der Waals surface area contributed by atoms with E-state index in [0.717, 1.165) is 12.8 Å². The number of carbonyl (C=O) groups is 1. The molecular formula is C10H16O3. The summed E-state index contributed by atoms with van der Waals surface area (Å²) in [7, 11) is 0. The highest BCUT2D eigenvalue weighted by atomic mass is 16.6. The second-order valence-corrected chi connectivity index (χ2v) is 4.22. The van der Waals surface area contributed by atoms with Gasteiger partial charge in [0.05, 0.1) is 18.8 Å². The summed E-state index contributed by atoms with van der Waals surface area (Å²) in [6.07, 6.45) is 3.19. The molecule has 13 heavy (non-hydrogen) atoms. The standard InChI is InChI=1S/C10H16O3/c1-6-3-9-10(13-9)4-8(6)5-12-7(2)11/h6,8-10H,3-5H2,1-2H3/t6-,8-,9+,10-/m0/s1. The summed E-state index contributed by atoms with van der Waals surface area (Å²) in [5.74, 6) is 0.960. The molecule has 2 rings (SSSR count). The van der Waals surface area contributed by atoms with E-state index in [-0.39, 0.29) is 5.97 Å². The van der Waals surface area contributed by atoms with E-state index in [4.69, 9.17) is 9.47 Å². The van der Waals surface area contributed by atoms with Crippen LogP contribution < -0.4 is 0 Å². The molecule has 2 fully saturated rings. The van der Waals surface area contributed by atoms with Gasteiger partial charge in [-0.15, -0.1) is 0 Å². The largest absolute Gasteiger partial charge is 0.466 e. The molecule has 74 valence electrons. The maximum absolute atomic E-state index is 10.6. The normalized spacial score (nSPS) is 42.3. The molecule has 4 atom stereocenters. The minimum atomic E-state index is -0.175. The third kappa shape index (κ3) is 2.02. The molecule has 1 heterocycles. The summed E-state index contributed by atoms with van der Waals surface area (Å²) in [5, 5.41) is 0. The Morgan fingerprint density at radius 2 is 2.15 bits per heavy atom. The molecule has 0 bridgehead atoms. The molecule has 1 saturated heterocycles. The van der Waals surface area contributed by atoms with Gasteiger partial charge in [-0.25, -0.2) is 0 Å². The highest BCUT2D eigenvalue weighted by molar-refractivity contribution is 5.65. The van der Waals surface area contributed by atoms with Gasteiger partial charge in [0.1, 0.15) is 0 Å². The molecule has 0 unspecified atom stereocenters. The zero-order chi connectivity index (χ0) is 9.42. The Morgan fingerprint density at radius 1 is 1.46 bits per heavy atom. The number of rotatable bonds is 2. The smallest absolute Gasteiger partial charge is 0.302 e. The van der Waals surface area contributed by atoms with E-state index in [1.807, 2.05) is 0 Å². The number of epoxide rings is 1. The Bertz CT molecular complexity index is 214. The van der Waals surface area contributed by atoms with Crippen molar-refractivity contribution in [2.45, 2.75) is 38.9 Å². The zero-order valence-electron chi connectivity index (χ0n) is 8.16. The van der Waals surface area contributed by atoms with E-state index in [1.54, 1.807) is 0 Å². The number of ether oxygens (including phenoxy) is 2. The van der Waals surface area contributed by atoms with E-state index in [1.165, 1.54) is 6.92 Å². The summed E-state index contributed by atoms with van der Waals surface area (Å²) >= 11 is 0. The lowest BCUT2D eigenvalue weighted by Gasteiger charge is -2.25. The highest BCUT2D eigenvalue weighted by Gasteiger charge is 2.46. The first-order valence-corrected chi connectivity index (χ1v) is 4.95. The summed E-state index contributed by atoms with van der Waals surface area (Å²) in [6.45, 7) is 4.25. The number of hydrogen-bond donors (Lipinski definition) is 0. The molecule has 1 aliphatic carbocycles. The fraction of sp³-hybridized carbons (Fsp3) is 0.900. The number of hydrogen-bond acceptors (Lipinski definition) is 3. The van der Waals surface area contributed by atoms with Gasteiger partial charge in [-0.2, -0.15) is 0 Å². The molecule has 0 N–H and O–H groups in total. The van der Waals surface area contributed by atoms with Crippen LogP contribution in [0.15, 0.2) is 0 Å². The Kier molecular flexibility index (Phi) is 2.28. The zero-order valence-corrected chi connectivity index (χ0v) is 8.16. The van der Waals surface area contributed by atoms with Crippen molar-refractivity contribution in [1.29, 1.82) is 0 Å². The number of esters is 1. The van der Waals surface area contributed by atoms with E-state index < -0.39 is 0 Å². The monoisotopic (exact) mass is 184 g/mol. The van der Waals surface area contributed by atoms with Crippen LogP contribution in [0.5, 0.6) is 0 Å². The van der Waals surface area contributed by atoms with Crippen molar-refractivity contribution in [2.75, 3.05) is 6.61 Å². The fourth-order valence-electron chi connectivity index (χ4n) is 2.14. The van der Waals surface area contributed by atoms with Gasteiger partial charge in [0.25, 0.3) is 0 Å². The van der Waals surface area contributed by atoms with Gasteiger partial charge in [-0.3, -0.25) is 4.79 Å². The summed E-state index contributed by atoms with van der Waals surface area (Å²) in [5.41, 5.74) is 0. The minimum Gasteiger partial charge on any atom is -0.466 e. The Balaban J connectivity index is 1.80. The van der Waals surface area contributed by atoms with Gasteiger partial charge in [-0.05, 0) is 24.7 Å². The van der Waals surface area contributed by atoms with Gasteiger partial charge < -0.3 is 9.47 Å². The summed E-state index contributed by atoms with van der Waals surface area (Å²) in [6, 6.07) is 0. The molecule has 1 saturated carbocycles. The Labute approximate surface area is 78.4 Å². The van der Waals surface area contributed by atoms with Gasteiger partial charge >= 0.3 is 5.97 Å². The second kappa shape index (κ2) is 3.29. The van der Waals surface area contributed by atoms with Crippen LogP contribution >= 0.6 is 0 Å². The molecule has 0 aromatic heterocycles. The molecule has 0 aromatic rings. The predicted octanol–water partition coefficient (Wildman–Crippen LogP) is 1.36. The third-order valence-corrected chi connectivity index (χ3v) is 3.13. The van der Waals surface area contributed by atoms with Crippen molar-refractivity contribution in [2.24, 2.45) is 11.8 Å². The van der Waals surface area contributed by atoms with E-state index in [0.29, 0.717) is 30.7 Å². The van der Waals surface area contributed by atoms with E-state index >= 15 is 0 Å². The molecule has 3 nitrogen and oxygen atoms in total. The second-order valence-electron chi connectivity index (χ2n) is 4.22. The minimum absolute atomic E-state index is 0.175. The molecule has 3 heteroatoms. The van der Waals surface area contributed by atoms with Crippen LogP contribution in [0.3, 0.4) is 0 Å². The Hall–Kier alpha value is -0.570. The van der Waals surface area contributed by atoms with Crippen LogP contribution in [0.1, 0.15) is 26.7 Å². The van der Waals surface area contributed by atoms with Gasteiger partial charge in [-0.1, -0.05) is 6.92 Å². The van der Waals surface area contributed by atoms with Gasteiger partial charge in [0, 0.05) is 6.92 Å². The first-order chi connectivity index (χ1) is 6.16. The fourth-order valence-corrected chi connectivity index (χ4v) is 2.14. The molecule has 1 aliphatic heterocycles. The van der Waals surface area contributed by atoms with Crippen LogP contribution in [0, 0.1) is 11.8 Å². The predicted molar refractivity (Wildman–Crippen MR) is 47.2 cm³/mol. The lowest BCUT2D eigenvalue weighted by molar-refractivity contribution is -0.143. The molecular weight excluding hydrogens is 168 g/mol. The number of carbonyl (C=O) groups excluding carboxylic acids is 1. The maximum atomic E-state index is 10.6. The average molecular weight is 184 g/mol.